The molecular weight excluding hydrogens is 288 g/mol. The van der Waals surface area contributed by atoms with Crippen LogP contribution in [0.25, 0.3) is 0 Å². The van der Waals surface area contributed by atoms with Gasteiger partial charge in [-0.3, -0.25) is 4.79 Å². The normalized spacial score (nSPS) is 19.5. The lowest BCUT2D eigenvalue weighted by Gasteiger charge is -2.38. The molecule has 1 aliphatic heterocycles. The van der Waals surface area contributed by atoms with E-state index in [1.807, 2.05) is 44.2 Å². The van der Waals surface area contributed by atoms with E-state index in [1.54, 1.807) is 0 Å². The zero-order chi connectivity index (χ0) is 16.7. The van der Waals surface area contributed by atoms with E-state index in [9.17, 15) is 9.90 Å². The highest BCUT2D eigenvalue weighted by molar-refractivity contribution is 5.94. The average Bonchev–Trinajstić information content (AvgIpc) is 2.60. The lowest BCUT2D eigenvalue weighted by molar-refractivity contribution is -0.0135. The third-order valence-electron chi connectivity index (χ3n) is 5.02. The van der Waals surface area contributed by atoms with Gasteiger partial charge in [-0.15, -0.1) is 0 Å². The summed E-state index contributed by atoms with van der Waals surface area (Å²) < 4.78 is 0. The summed E-state index contributed by atoms with van der Waals surface area (Å²) in [6, 6.07) is 9.36. The van der Waals surface area contributed by atoms with Crippen molar-refractivity contribution in [2.75, 3.05) is 26.2 Å². The van der Waals surface area contributed by atoms with Crippen molar-refractivity contribution in [1.29, 1.82) is 0 Å². The van der Waals surface area contributed by atoms with E-state index in [2.05, 4.69) is 10.2 Å². The van der Waals surface area contributed by atoms with Gasteiger partial charge in [-0.25, -0.2) is 0 Å². The number of nitrogens with zero attached hydrogens (tertiary/aromatic N) is 1. The number of hydrogen-bond acceptors (Lipinski definition) is 3. The van der Waals surface area contributed by atoms with Crippen molar-refractivity contribution in [3.8, 4) is 0 Å². The minimum atomic E-state index is -0.574. The lowest BCUT2D eigenvalue weighted by atomic mass is 9.93. The Labute approximate surface area is 139 Å². The molecule has 1 aromatic carbocycles. The molecule has 2 N–H and O–H groups in total. The summed E-state index contributed by atoms with van der Waals surface area (Å²) in [6.07, 6.45) is 3.85. The zero-order valence-corrected chi connectivity index (χ0v) is 14.4. The highest BCUT2D eigenvalue weighted by Crippen LogP contribution is 2.22. The van der Waals surface area contributed by atoms with Crippen LogP contribution in [-0.2, 0) is 0 Å². The van der Waals surface area contributed by atoms with E-state index >= 15 is 0 Å². The molecule has 0 aliphatic carbocycles. The van der Waals surface area contributed by atoms with Crippen molar-refractivity contribution in [3.63, 3.8) is 0 Å². The fourth-order valence-electron chi connectivity index (χ4n) is 3.28. The topological polar surface area (TPSA) is 52.6 Å². The van der Waals surface area contributed by atoms with E-state index in [4.69, 9.17) is 0 Å². The summed E-state index contributed by atoms with van der Waals surface area (Å²) in [5.74, 6) is 0.468. The highest BCUT2D eigenvalue weighted by Gasteiger charge is 2.28. The molecule has 1 saturated heterocycles. The van der Waals surface area contributed by atoms with Gasteiger partial charge in [0.25, 0.3) is 5.91 Å². The smallest absolute Gasteiger partial charge is 0.251 e. The molecular formula is C19H30N2O2. The molecule has 1 fully saturated rings. The first kappa shape index (κ1) is 18.0. The maximum Gasteiger partial charge on any atom is 0.251 e. The Hall–Kier alpha value is -1.39. The van der Waals surface area contributed by atoms with Gasteiger partial charge in [-0.1, -0.05) is 32.0 Å². The molecule has 23 heavy (non-hydrogen) atoms. The number of piperidine rings is 1. The molecule has 0 radical (unpaired) electrons. The highest BCUT2D eigenvalue weighted by atomic mass is 16.3. The van der Waals surface area contributed by atoms with Crippen molar-refractivity contribution in [3.05, 3.63) is 35.9 Å². The summed E-state index contributed by atoms with van der Waals surface area (Å²) in [5, 5.41) is 13.6. The second kappa shape index (κ2) is 8.46. The lowest BCUT2D eigenvalue weighted by Crippen LogP contribution is -2.48. The minimum absolute atomic E-state index is 0.00125. The van der Waals surface area contributed by atoms with Gasteiger partial charge in [0.15, 0.2) is 0 Å². The van der Waals surface area contributed by atoms with Gasteiger partial charge in [0, 0.05) is 25.2 Å². The molecule has 1 amide bonds. The van der Waals surface area contributed by atoms with Crippen molar-refractivity contribution in [2.24, 2.45) is 5.92 Å². The summed E-state index contributed by atoms with van der Waals surface area (Å²) in [4.78, 5) is 14.5. The summed E-state index contributed by atoms with van der Waals surface area (Å²) in [6.45, 7) is 7.54. The third-order valence-corrected chi connectivity index (χ3v) is 5.02. The van der Waals surface area contributed by atoms with Crippen molar-refractivity contribution in [1.82, 2.24) is 10.2 Å². The largest absolute Gasteiger partial charge is 0.389 e. The Morgan fingerprint density at radius 1 is 1.30 bits per heavy atom. The summed E-state index contributed by atoms with van der Waals surface area (Å²) in [5.41, 5.74) is 0.140. The predicted molar refractivity (Wildman–Crippen MR) is 93.5 cm³/mol. The molecule has 2 rings (SSSR count). The number of rotatable bonds is 7. The van der Waals surface area contributed by atoms with Crippen LogP contribution >= 0.6 is 0 Å². The van der Waals surface area contributed by atoms with E-state index in [0.717, 1.165) is 45.3 Å². The van der Waals surface area contributed by atoms with Crippen molar-refractivity contribution < 1.29 is 9.90 Å². The second-order valence-corrected chi connectivity index (χ2v) is 6.75. The van der Waals surface area contributed by atoms with E-state index < -0.39 is 5.60 Å². The molecule has 1 atom stereocenters. The average molecular weight is 318 g/mol. The van der Waals surface area contributed by atoms with Gasteiger partial charge in [0.2, 0.25) is 0 Å². The fourth-order valence-corrected chi connectivity index (χ4v) is 3.28. The van der Waals surface area contributed by atoms with Crippen LogP contribution in [0, 0.1) is 5.92 Å². The maximum absolute atomic E-state index is 12.1. The Balaban J connectivity index is 1.81. The molecule has 1 heterocycles. The molecule has 1 aromatic rings. The Morgan fingerprint density at radius 3 is 2.65 bits per heavy atom. The summed E-state index contributed by atoms with van der Waals surface area (Å²) >= 11 is 0. The molecule has 128 valence electrons. The monoisotopic (exact) mass is 318 g/mol. The first-order chi connectivity index (χ1) is 11.1. The number of nitrogens with one attached hydrogen (secondary N) is 1. The Kier molecular flexibility index (Phi) is 6.60. The van der Waals surface area contributed by atoms with Crippen LogP contribution in [0.1, 0.15) is 49.9 Å². The number of carbonyl (C=O) groups excluding carboxylic acids is 1. The van der Waals surface area contributed by atoms with Gasteiger partial charge in [0.05, 0.1) is 5.60 Å². The van der Waals surface area contributed by atoms with Crippen molar-refractivity contribution >= 4 is 5.91 Å². The van der Waals surface area contributed by atoms with Gasteiger partial charge in [-0.05, 0) is 50.3 Å². The van der Waals surface area contributed by atoms with Crippen LogP contribution < -0.4 is 5.32 Å². The number of carbonyl (C=O) groups is 1. The Morgan fingerprint density at radius 2 is 2.00 bits per heavy atom. The molecule has 1 unspecified atom stereocenters. The van der Waals surface area contributed by atoms with Crippen molar-refractivity contribution in [2.45, 2.75) is 45.1 Å². The molecule has 0 bridgehead atoms. The SMILES string of the molecule is CCC(O)(CC)CN1CCCC(CNC(=O)c2ccccc2)C1. The number of benzene rings is 1. The quantitative estimate of drug-likeness (QED) is 0.813. The molecule has 4 nitrogen and oxygen atoms in total. The van der Waals surface area contributed by atoms with Gasteiger partial charge >= 0.3 is 0 Å². The maximum atomic E-state index is 12.1. The molecule has 1 aliphatic rings. The second-order valence-electron chi connectivity index (χ2n) is 6.75. The van der Waals surface area contributed by atoms with Crippen LogP contribution in [0.2, 0.25) is 0 Å². The third kappa shape index (κ3) is 5.33. The number of amides is 1. The zero-order valence-electron chi connectivity index (χ0n) is 14.4. The first-order valence-electron chi connectivity index (χ1n) is 8.84. The van der Waals surface area contributed by atoms with Crippen LogP contribution in [-0.4, -0.2) is 47.7 Å². The van der Waals surface area contributed by atoms with Crippen LogP contribution in [0.3, 0.4) is 0 Å². The van der Waals surface area contributed by atoms with Gasteiger partial charge in [0.1, 0.15) is 0 Å². The van der Waals surface area contributed by atoms with Gasteiger partial charge < -0.3 is 15.3 Å². The molecule has 4 heteroatoms. The van der Waals surface area contributed by atoms with Gasteiger partial charge in [-0.2, -0.15) is 0 Å². The fraction of sp³-hybridized carbons (Fsp3) is 0.632. The minimum Gasteiger partial charge on any atom is -0.389 e. The van der Waals surface area contributed by atoms with Crippen LogP contribution in [0.15, 0.2) is 30.3 Å². The molecule has 0 saturated carbocycles. The first-order valence-corrected chi connectivity index (χ1v) is 8.84. The molecule has 0 aromatic heterocycles. The van der Waals surface area contributed by atoms with E-state index in [-0.39, 0.29) is 5.91 Å². The summed E-state index contributed by atoms with van der Waals surface area (Å²) in [7, 11) is 0. The number of likely N-dealkylation sites (tertiary alicyclic amines) is 1. The van der Waals surface area contributed by atoms with Crippen LogP contribution in [0.4, 0.5) is 0 Å². The Bertz CT molecular complexity index is 485. The number of aliphatic hydroxyl groups is 1. The number of β-amino-alcohol motifs (C(OH)–C–C–N with tert-alkyl or cyclic N) is 1. The van der Waals surface area contributed by atoms with E-state index in [0.29, 0.717) is 18.0 Å². The standard InChI is InChI=1S/C19H30N2O2/c1-3-19(23,4-2)15-21-12-8-9-16(14-21)13-20-18(22)17-10-6-5-7-11-17/h5-7,10-11,16,23H,3-4,8-9,12-15H2,1-2H3,(H,20,22). The molecule has 0 spiro atoms. The number of hydrogen-bond donors (Lipinski definition) is 2. The predicted octanol–water partition coefficient (Wildman–Crippen LogP) is 2.68. The van der Waals surface area contributed by atoms with E-state index in [1.165, 1.54) is 0 Å². The van der Waals surface area contributed by atoms with Crippen LogP contribution in [0.5, 0.6) is 0 Å².